The van der Waals surface area contributed by atoms with Gasteiger partial charge in [0.25, 0.3) is 0 Å². The molecule has 0 amide bonds. The maximum Gasteiger partial charge on any atom is 0.142 e. The molecule has 0 saturated carbocycles. The van der Waals surface area contributed by atoms with E-state index in [0.29, 0.717) is 18.1 Å². The van der Waals surface area contributed by atoms with Crippen LogP contribution in [0.2, 0.25) is 0 Å². The lowest BCUT2D eigenvalue weighted by atomic mass is 9.99. The number of nitrogens with zero attached hydrogens (tertiary/aromatic N) is 3. The molecule has 4 rings (SSSR count). The highest BCUT2D eigenvalue weighted by Gasteiger charge is 2.29. The average molecular weight is 377 g/mol. The number of hydrogen-bond donors (Lipinski definition) is 0. The maximum absolute atomic E-state index is 14.8. The first kappa shape index (κ1) is 11.6. The summed E-state index contributed by atoms with van der Waals surface area (Å²) in [7, 11) is 0. The van der Waals surface area contributed by atoms with Gasteiger partial charge >= 0.3 is 0 Å². The first-order chi connectivity index (χ1) is 12.4. The Morgan fingerprint density at radius 2 is 2.04 bits per heavy atom. The zero-order valence-electron chi connectivity index (χ0n) is 15.4. The van der Waals surface area contributed by atoms with Crippen LogP contribution in [0, 0.1) is 5.82 Å². The summed E-state index contributed by atoms with van der Waals surface area (Å²) in [6.07, 6.45) is 1.85. The van der Waals surface area contributed by atoms with E-state index >= 15 is 0 Å². The second-order valence-corrected chi connectivity index (χ2v) is 6.53. The summed E-state index contributed by atoms with van der Waals surface area (Å²) >= 11 is 3.59. The van der Waals surface area contributed by atoms with Crippen LogP contribution in [-0.4, -0.2) is 26.0 Å². The fourth-order valence-electron chi connectivity index (χ4n) is 3.27. The Morgan fingerprint density at radius 3 is 2.91 bits per heavy atom. The molecule has 0 fully saturated rings. The quantitative estimate of drug-likeness (QED) is 0.686. The van der Waals surface area contributed by atoms with E-state index in [9.17, 15) is 4.39 Å². The Hall–Kier alpha value is -1.88. The van der Waals surface area contributed by atoms with E-state index < -0.39 is 12.8 Å². The highest BCUT2D eigenvalue weighted by molar-refractivity contribution is 9.10. The minimum absolute atomic E-state index is 0.0257. The first-order valence-electron chi connectivity index (χ1n) is 9.04. The number of amidine groups is 1. The van der Waals surface area contributed by atoms with E-state index in [2.05, 4.69) is 20.9 Å². The van der Waals surface area contributed by atoms with Crippen molar-refractivity contribution in [3.8, 4) is 0 Å². The summed E-state index contributed by atoms with van der Waals surface area (Å²) in [6, 6.07) is 10.5. The minimum Gasteiger partial charge on any atom is -0.355 e. The Morgan fingerprint density at radius 1 is 1.22 bits per heavy atom. The first-order valence-corrected chi connectivity index (χ1v) is 8.33. The van der Waals surface area contributed by atoms with Gasteiger partial charge in [-0.2, -0.15) is 0 Å². The smallest absolute Gasteiger partial charge is 0.142 e. The molecule has 0 atom stereocenters. The molecule has 0 aliphatic carbocycles. The molecular formula is C18H17BrFN3. The molecule has 0 spiro atoms. The molecular weight excluding hydrogens is 357 g/mol. The molecule has 3 nitrogen and oxygen atoms in total. The second-order valence-electron chi connectivity index (χ2n) is 5.68. The van der Waals surface area contributed by atoms with Gasteiger partial charge in [0, 0.05) is 27.8 Å². The van der Waals surface area contributed by atoms with Crippen molar-refractivity contribution in [1.82, 2.24) is 0 Å². The van der Waals surface area contributed by atoms with E-state index in [4.69, 9.17) is 4.11 Å². The van der Waals surface area contributed by atoms with Gasteiger partial charge in [-0.25, -0.2) is 9.38 Å². The number of halogens is 2. The zero-order chi connectivity index (χ0) is 18.5. The third kappa shape index (κ3) is 2.34. The fraction of sp³-hybridized carbons (Fsp3) is 0.278. The normalized spacial score (nSPS) is 19.2. The van der Waals surface area contributed by atoms with Crippen LogP contribution in [-0.2, 0) is 6.42 Å². The zero-order valence-corrected chi connectivity index (χ0v) is 14.0. The molecule has 0 N–H and O–H groups in total. The highest BCUT2D eigenvalue weighted by atomic mass is 79.9. The van der Waals surface area contributed by atoms with E-state index in [1.54, 1.807) is 6.07 Å². The van der Waals surface area contributed by atoms with Crippen LogP contribution >= 0.6 is 15.9 Å². The Labute approximate surface area is 147 Å². The van der Waals surface area contributed by atoms with Gasteiger partial charge in [0.1, 0.15) is 18.3 Å². The monoisotopic (exact) mass is 376 g/mol. The molecule has 2 aliphatic rings. The number of hydrogen-bond acceptors (Lipinski definition) is 3. The molecule has 0 bridgehead atoms. The highest BCUT2D eigenvalue weighted by Crippen LogP contribution is 2.36. The van der Waals surface area contributed by atoms with Crippen molar-refractivity contribution >= 4 is 33.1 Å². The molecule has 0 saturated heterocycles. The van der Waals surface area contributed by atoms with Crippen molar-refractivity contribution in [2.24, 2.45) is 4.99 Å². The van der Waals surface area contributed by atoms with Crippen molar-refractivity contribution in [2.45, 2.75) is 12.8 Å². The van der Waals surface area contributed by atoms with Gasteiger partial charge in [-0.1, -0.05) is 28.1 Å². The Bertz CT molecular complexity index is 898. The number of anilines is 2. The maximum atomic E-state index is 14.8. The van der Waals surface area contributed by atoms with Crippen molar-refractivity contribution < 1.29 is 8.50 Å². The van der Waals surface area contributed by atoms with E-state index in [-0.39, 0.29) is 12.2 Å². The van der Waals surface area contributed by atoms with Gasteiger partial charge in [-0.15, -0.1) is 0 Å². The lowest BCUT2D eigenvalue weighted by Gasteiger charge is -2.36. The number of rotatable bonds is 0. The standard InChI is InChI=1S/C18H17BrFN3/c1-22-11-21-18(17-14(20)7-3-9-16(17)22)23-10-4-5-12-13(19)6-2-8-15(12)23/h2-3,6-9H,4-5,10-11H2,1H3/i1D3. The fourth-order valence-corrected chi connectivity index (χ4v) is 3.83. The van der Waals surface area contributed by atoms with Gasteiger partial charge in [-0.05, 0) is 42.7 Å². The lowest BCUT2D eigenvalue weighted by Crippen LogP contribution is -2.40. The average Bonchev–Trinajstić information content (AvgIpc) is 2.60. The van der Waals surface area contributed by atoms with Crippen LogP contribution in [0.25, 0.3) is 0 Å². The summed E-state index contributed by atoms with van der Waals surface area (Å²) in [5.41, 5.74) is 2.76. The number of fused-ring (bicyclic) bond motifs is 2. The summed E-state index contributed by atoms with van der Waals surface area (Å²) < 4.78 is 39.0. The predicted octanol–water partition coefficient (Wildman–Crippen LogP) is 4.19. The van der Waals surface area contributed by atoms with Crippen molar-refractivity contribution in [2.75, 3.05) is 30.0 Å². The molecule has 0 radical (unpaired) electrons. The van der Waals surface area contributed by atoms with E-state index in [0.717, 1.165) is 28.6 Å². The topological polar surface area (TPSA) is 18.8 Å². The molecule has 2 aromatic rings. The minimum atomic E-state index is -2.37. The van der Waals surface area contributed by atoms with Crippen molar-refractivity contribution in [3.05, 3.63) is 57.8 Å². The summed E-state index contributed by atoms with van der Waals surface area (Å²) in [6.45, 7) is -1.69. The van der Waals surface area contributed by atoms with Crippen molar-refractivity contribution in [3.63, 3.8) is 0 Å². The summed E-state index contributed by atoms with van der Waals surface area (Å²) in [4.78, 5) is 7.65. The largest absolute Gasteiger partial charge is 0.355 e. The molecule has 5 heteroatoms. The summed E-state index contributed by atoms with van der Waals surface area (Å²) in [5.74, 6) is 0.0370. The van der Waals surface area contributed by atoms with Gasteiger partial charge in [-0.3, -0.25) is 0 Å². The molecule has 2 aliphatic heterocycles. The SMILES string of the molecule is [2H]C([2H])([2H])N1CN=C(N2CCCc3c(Br)cccc32)c2c(F)cccc21. The molecule has 118 valence electrons. The van der Waals surface area contributed by atoms with Crippen LogP contribution in [0.5, 0.6) is 0 Å². The second kappa shape index (κ2) is 5.64. The molecule has 2 aromatic carbocycles. The van der Waals surface area contributed by atoms with Crippen LogP contribution in [0.15, 0.2) is 45.9 Å². The number of benzene rings is 2. The summed E-state index contributed by atoms with van der Waals surface area (Å²) in [5, 5.41) is 0. The van der Waals surface area contributed by atoms with Crippen LogP contribution in [0.3, 0.4) is 0 Å². The third-order valence-corrected chi connectivity index (χ3v) is 5.06. The Balaban J connectivity index is 1.86. The van der Waals surface area contributed by atoms with Crippen LogP contribution in [0.4, 0.5) is 15.8 Å². The van der Waals surface area contributed by atoms with Gasteiger partial charge in [0.2, 0.25) is 0 Å². The molecule has 0 unspecified atom stereocenters. The van der Waals surface area contributed by atoms with E-state index in [1.165, 1.54) is 17.0 Å². The van der Waals surface area contributed by atoms with E-state index in [1.807, 2.05) is 23.1 Å². The third-order valence-electron chi connectivity index (χ3n) is 4.32. The Kier molecular flexibility index (Phi) is 2.85. The van der Waals surface area contributed by atoms with Crippen LogP contribution in [0.1, 0.15) is 21.7 Å². The van der Waals surface area contributed by atoms with Gasteiger partial charge in [0.15, 0.2) is 0 Å². The lowest BCUT2D eigenvalue weighted by molar-refractivity contribution is 0.621. The number of aliphatic imine (C=N–C) groups is 1. The molecule has 2 heterocycles. The predicted molar refractivity (Wildman–Crippen MR) is 96.0 cm³/mol. The van der Waals surface area contributed by atoms with Crippen molar-refractivity contribution in [1.29, 1.82) is 0 Å². The van der Waals surface area contributed by atoms with Gasteiger partial charge < -0.3 is 9.80 Å². The van der Waals surface area contributed by atoms with Gasteiger partial charge in [0.05, 0.1) is 11.3 Å². The van der Waals surface area contributed by atoms with Crippen LogP contribution < -0.4 is 9.80 Å². The molecule has 23 heavy (non-hydrogen) atoms. The molecule has 0 aromatic heterocycles.